The molecule has 0 aliphatic rings. The van der Waals surface area contributed by atoms with Gasteiger partial charge in [-0.2, -0.15) is 0 Å². The molecule has 0 saturated heterocycles. The van der Waals surface area contributed by atoms with Crippen LogP contribution in [0.5, 0.6) is 0 Å². The number of anilines is 1. The fourth-order valence-electron chi connectivity index (χ4n) is 1.89. The van der Waals surface area contributed by atoms with Crippen LogP contribution in [0.1, 0.15) is 25.1 Å². The van der Waals surface area contributed by atoms with Gasteiger partial charge in [0.25, 0.3) is 0 Å². The summed E-state index contributed by atoms with van der Waals surface area (Å²) >= 11 is 18.1. The Balaban J connectivity index is 2.05. The van der Waals surface area contributed by atoms with Gasteiger partial charge in [-0.15, -0.1) is 0 Å². The van der Waals surface area contributed by atoms with Gasteiger partial charge < -0.3 is 15.7 Å². The number of aliphatic hydroxyl groups is 1. The number of pyridine rings is 1. The van der Waals surface area contributed by atoms with Crippen LogP contribution in [0.2, 0.25) is 15.1 Å². The minimum atomic E-state index is -1.09. The van der Waals surface area contributed by atoms with Gasteiger partial charge in [0.15, 0.2) is 0 Å². The fraction of sp³-hybridized carbons (Fsp3) is 0.250. The highest BCUT2D eigenvalue weighted by molar-refractivity contribution is 6.39. The zero-order valence-electron chi connectivity index (χ0n) is 13.0. The van der Waals surface area contributed by atoms with Crippen molar-refractivity contribution in [1.29, 1.82) is 0 Å². The fourth-order valence-corrected chi connectivity index (χ4v) is 2.58. The van der Waals surface area contributed by atoms with Crippen molar-refractivity contribution in [1.82, 2.24) is 10.3 Å². The van der Waals surface area contributed by atoms with Crippen LogP contribution < -0.4 is 10.6 Å². The van der Waals surface area contributed by atoms with E-state index in [1.807, 2.05) is 0 Å². The number of hydrogen-bond donors (Lipinski definition) is 3. The third-order valence-corrected chi connectivity index (χ3v) is 4.03. The standard InChI is InChI=1S/C16H16Cl3N3O2/c1-16(2,24)9-5-12(18)14(13(19)6-9)22-15(23)21-8-11-4-3-10(17)7-20-11/h3-7,24H,8H2,1-2H3,(H2,21,22,23). The lowest BCUT2D eigenvalue weighted by atomic mass is 9.98. The summed E-state index contributed by atoms with van der Waals surface area (Å²) < 4.78 is 0. The molecule has 24 heavy (non-hydrogen) atoms. The minimum absolute atomic E-state index is 0.222. The van der Waals surface area contributed by atoms with E-state index in [-0.39, 0.29) is 22.3 Å². The Kier molecular flexibility index (Phi) is 5.93. The van der Waals surface area contributed by atoms with Gasteiger partial charge in [-0.05, 0) is 43.7 Å². The second-order valence-corrected chi connectivity index (χ2v) is 6.90. The summed E-state index contributed by atoms with van der Waals surface area (Å²) in [6, 6.07) is 6.03. The molecule has 0 fully saturated rings. The molecule has 0 bridgehead atoms. The molecular formula is C16H16Cl3N3O2. The van der Waals surface area contributed by atoms with Gasteiger partial charge in [-0.25, -0.2) is 4.79 Å². The van der Waals surface area contributed by atoms with Gasteiger partial charge in [0, 0.05) is 6.20 Å². The Morgan fingerprint density at radius 3 is 2.33 bits per heavy atom. The number of aromatic nitrogens is 1. The van der Waals surface area contributed by atoms with Crippen molar-refractivity contribution in [2.24, 2.45) is 0 Å². The lowest BCUT2D eigenvalue weighted by Gasteiger charge is -2.20. The second kappa shape index (κ2) is 7.57. The van der Waals surface area contributed by atoms with Crippen molar-refractivity contribution in [3.05, 3.63) is 56.8 Å². The first kappa shape index (κ1) is 18.8. The Bertz CT molecular complexity index is 720. The minimum Gasteiger partial charge on any atom is -0.386 e. The van der Waals surface area contributed by atoms with Crippen LogP contribution in [-0.2, 0) is 12.1 Å². The van der Waals surface area contributed by atoms with Gasteiger partial charge in [0.05, 0.1) is 38.6 Å². The largest absolute Gasteiger partial charge is 0.386 e. The highest BCUT2D eigenvalue weighted by Crippen LogP contribution is 2.35. The number of nitrogens with one attached hydrogen (secondary N) is 2. The topological polar surface area (TPSA) is 74.2 Å². The predicted octanol–water partition coefficient (Wildman–Crippen LogP) is 4.59. The molecule has 5 nitrogen and oxygen atoms in total. The van der Waals surface area contributed by atoms with E-state index in [1.54, 1.807) is 38.1 Å². The molecule has 0 aliphatic heterocycles. The molecule has 8 heteroatoms. The maximum Gasteiger partial charge on any atom is 0.319 e. The van der Waals surface area contributed by atoms with Crippen LogP contribution in [0.15, 0.2) is 30.5 Å². The smallest absolute Gasteiger partial charge is 0.319 e. The van der Waals surface area contributed by atoms with Gasteiger partial charge >= 0.3 is 6.03 Å². The number of urea groups is 1. The number of halogens is 3. The van der Waals surface area contributed by atoms with E-state index in [4.69, 9.17) is 34.8 Å². The first-order chi connectivity index (χ1) is 11.2. The summed E-state index contributed by atoms with van der Waals surface area (Å²) in [5.41, 5.74) is 0.389. The van der Waals surface area contributed by atoms with Crippen molar-refractivity contribution in [2.45, 2.75) is 26.0 Å². The van der Waals surface area contributed by atoms with Crippen molar-refractivity contribution in [2.75, 3.05) is 5.32 Å². The van der Waals surface area contributed by atoms with Crippen LogP contribution in [-0.4, -0.2) is 16.1 Å². The van der Waals surface area contributed by atoms with E-state index < -0.39 is 11.6 Å². The third kappa shape index (κ3) is 4.98. The van der Waals surface area contributed by atoms with Gasteiger partial charge in [0.2, 0.25) is 0 Å². The molecule has 2 aromatic rings. The number of nitrogens with zero attached hydrogens (tertiary/aromatic N) is 1. The number of amides is 2. The molecule has 2 amide bonds. The zero-order valence-corrected chi connectivity index (χ0v) is 15.3. The highest BCUT2D eigenvalue weighted by Gasteiger charge is 2.20. The Morgan fingerprint density at radius 1 is 1.21 bits per heavy atom. The predicted molar refractivity (Wildman–Crippen MR) is 96.8 cm³/mol. The maximum absolute atomic E-state index is 12.0. The number of rotatable bonds is 4. The monoisotopic (exact) mass is 387 g/mol. The summed E-state index contributed by atoms with van der Waals surface area (Å²) in [7, 11) is 0. The zero-order chi connectivity index (χ0) is 17.9. The second-order valence-electron chi connectivity index (χ2n) is 5.65. The van der Waals surface area contributed by atoms with Crippen molar-refractivity contribution >= 4 is 46.5 Å². The molecule has 1 aromatic carbocycles. The van der Waals surface area contributed by atoms with Gasteiger partial charge in [0.1, 0.15) is 0 Å². The molecule has 3 N–H and O–H groups in total. The van der Waals surface area contributed by atoms with E-state index >= 15 is 0 Å². The van der Waals surface area contributed by atoms with E-state index in [2.05, 4.69) is 15.6 Å². The average Bonchev–Trinajstić information content (AvgIpc) is 2.49. The van der Waals surface area contributed by atoms with E-state index in [9.17, 15) is 9.90 Å². The van der Waals surface area contributed by atoms with Crippen LogP contribution in [0.4, 0.5) is 10.5 Å². The lowest BCUT2D eigenvalue weighted by Crippen LogP contribution is -2.29. The molecule has 1 heterocycles. The first-order valence-corrected chi connectivity index (χ1v) is 8.17. The summed E-state index contributed by atoms with van der Waals surface area (Å²) in [4.78, 5) is 16.1. The first-order valence-electron chi connectivity index (χ1n) is 7.04. The highest BCUT2D eigenvalue weighted by atomic mass is 35.5. The number of hydrogen-bond acceptors (Lipinski definition) is 3. The van der Waals surface area contributed by atoms with Gasteiger partial charge in [-0.3, -0.25) is 4.98 Å². The lowest BCUT2D eigenvalue weighted by molar-refractivity contribution is 0.0786. The van der Waals surface area contributed by atoms with Crippen LogP contribution >= 0.6 is 34.8 Å². The number of carbonyl (C=O) groups excluding carboxylic acids is 1. The van der Waals surface area contributed by atoms with Crippen molar-refractivity contribution < 1.29 is 9.90 Å². The molecule has 0 saturated carbocycles. The molecule has 0 radical (unpaired) electrons. The molecular weight excluding hydrogens is 373 g/mol. The summed E-state index contributed by atoms with van der Waals surface area (Å²) in [5, 5.41) is 16.2. The van der Waals surface area contributed by atoms with Crippen LogP contribution in [0.3, 0.4) is 0 Å². The SMILES string of the molecule is CC(C)(O)c1cc(Cl)c(NC(=O)NCc2ccc(Cl)cn2)c(Cl)c1. The maximum atomic E-state index is 12.0. The molecule has 0 aliphatic carbocycles. The summed E-state index contributed by atoms with van der Waals surface area (Å²) in [6.45, 7) is 3.46. The normalized spacial score (nSPS) is 11.2. The molecule has 128 valence electrons. The Morgan fingerprint density at radius 2 is 1.83 bits per heavy atom. The van der Waals surface area contributed by atoms with Crippen LogP contribution in [0.25, 0.3) is 0 Å². The number of benzene rings is 1. The van der Waals surface area contributed by atoms with E-state index in [1.165, 1.54) is 6.20 Å². The summed E-state index contributed by atoms with van der Waals surface area (Å²) in [6.07, 6.45) is 1.50. The van der Waals surface area contributed by atoms with E-state index in [0.29, 0.717) is 16.3 Å². The quantitative estimate of drug-likeness (QED) is 0.717. The van der Waals surface area contributed by atoms with Gasteiger partial charge in [-0.1, -0.05) is 34.8 Å². The molecule has 0 spiro atoms. The summed E-state index contributed by atoms with van der Waals surface area (Å²) in [5.74, 6) is 0. The molecule has 1 aromatic heterocycles. The van der Waals surface area contributed by atoms with E-state index in [0.717, 1.165) is 0 Å². The van der Waals surface area contributed by atoms with Crippen LogP contribution in [0, 0.1) is 0 Å². The number of carbonyl (C=O) groups is 1. The Labute approximate surface area is 154 Å². The molecule has 0 atom stereocenters. The molecule has 0 unspecified atom stereocenters. The third-order valence-electron chi connectivity index (χ3n) is 3.21. The van der Waals surface area contributed by atoms with Crippen molar-refractivity contribution in [3.63, 3.8) is 0 Å². The van der Waals surface area contributed by atoms with Crippen molar-refractivity contribution in [3.8, 4) is 0 Å². The molecule has 2 rings (SSSR count). The Hall–Kier alpha value is -1.53. The average molecular weight is 389 g/mol.